The highest BCUT2D eigenvalue weighted by atomic mass is 127. The van der Waals surface area contributed by atoms with Crippen molar-refractivity contribution < 1.29 is 4.39 Å². The molecule has 1 aromatic carbocycles. The Hall–Kier alpha value is -0.560. The van der Waals surface area contributed by atoms with Crippen molar-refractivity contribution in [1.29, 1.82) is 0 Å². The van der Waals surface area contributed by atoms with E-state index in [0.717, 1.165) is 0 Å². The average molecular weight is 386 g/mol. The Bertz CT molecular complexity index is 390. The van der Waals surface area contributed by atoms with Crippen LogP contribution in [0.25, 0.3) is 0 Å². The molecule has 0 aromatic heterocycles. The average Bonchev–Trinajstić information content (AvgIpc) is 2.21. The second kappa shape index (κ2) is 8.53. The molecule has 3 nitrogen and oxygen atoms in total. The van der Waals surface area contributed by atoms with Crippen LogP contribution in [0.3, 0.4) is 0 Å². The summed E-state index contributed by atoms with van der Waals surface area (Å²) in [6, 6.07) is 4.87. The van der Waals surface area contributed by atoms with E-state index < -0.39 is 0 Å². The summed E-state index contributed by atoms with van der Waals surface area (Å²) in [7, 11) is 0. The van der Waals surface area contributed by atoms with Crippen LogP contribution in [0.2, 0.25) is 5.02 Å². The van der Waals surface area contributed by atoms with E-state index in [9.17, 15) is 4.39 Å². The fourth-order valence-corrected chi connectivity index (χ4v) is 1.66. The highest BCUT2D eigenvalue weighted by molar-refractivity contribution is 14.0. The largest absolute Gasteiger partial charge is 0.370 e. The first-order valence-corrected chi connectivity index (χ1v) is 5.88. The summed E-state index contributed by atoms with van der Waals surface area (Å²) in [5, 5.41) is 3.39. The maximum absolute atomic E-state index is 13.4. The first-order chi connectivity index (χ1) is 8.00. The zero-order valence-electron chi connectivity index (χ0n) is 10.4. The van der Waals surface area contributed by atoms with Gasteiger partial charge in [-0.2, -0.15) is 0 Å². The third-order valence-corrected chi connectivity index (χ3v) is 2.50. The molecule has 0 aliphatic rings. The lowest BCUT2D eigenvalue weighted by atomic mass is 10.1. The Morgan fingerprint density at radius 3 is 2.72 bits per heavy atom. The number of benzene rings is 1. The van der Waals surface area contributed by atoms with Crippen LogP contribution in [0.4, 0.5) is 4.39 Å². The molecule has 0 unspecified atom stereocenters. The van der Waals surface area contributed by atoms with Gasteiger partial charge >= 0.3 is 0 Å². The monoisotopic (exact) mass is 385 g/mol. The molecule has 0 heterocycles. The van der Waals surface area contributed by atoms with Crippen molar-refractivity contribution >= 4 is 41.5 Å². The molecule has 0 bridgehead atoms. The number of hydrogen-bond donors (Lipinski definition) is 2. The summed E-state index contributed by atoms with van der Waals surface area (Å²) in [6.45, 7) is 4.35. The summed E-state index contributed by atoms with van der Waals surface area (Å²) >= 11 is 5.89. The second-order valence-corrected chi connectivity index (χ2v) is 4.42. The van der Waals surface area contributed by atoms with Gasteiger partial charge in [-0.15, -0.1) is 24.0 Å². The van der Waals surface area contributed by atoms with Gasteiger partial charge in [-0.25, -0.2) is 4.39 Å². The smallest absolute Gasteiger partial charge is 0.188 e. The van der Waals surface area contributed by atoms with Crippen LogP contribution in [0.15, 0.2) is 23.2 Å². The quantitative estimate of drug-likeness (QED) is 0.476. The molecule has 102 valence electrons. The topological polar surface area (TPSA) is 50.4 Å². The fraction of sp³-hybridized carbons (Fsp3) is 0.417. The molecule has 6 heteroatoms. The fourth-order valence-electron chi connectivity index (χ4n) is 1.40. The Morgan fingerprint density at radius 2 is 2.17 bits per heavy atom. The van der Waals surface area contributed by atoms with E-state index in [4.69, 9.17) is 17.3 Å². The van der Waals surface area contributed by atoms with Crippen molar-refractivity contribution in [2.24, 2.45) is 10.7 Å². The number of halogens is 3. The molecule has 18 heavy (non-hydrogen) atoms. The highest BCUT2D eigenvalue weighted by Crippen LogP contribution is 2.19. The lowest BCUT2D eigenvalue weighted by molar-refractivity contribution is 0.609. The molecule has 0 saturated heterocycles. The van der Waals surface area contributed by atoms with E-state index in [-0.39, 0.29) is 35.8 Å². The van der Waals surface area contributed by atoms with Crippen LogP contribution in [0, 0.1) is 5.82 Å². The van der Waals surface area contributed by atoms with E-state index in [1.54, 1.807) is 12.1 Å². The van der Waals surface area contributed by atoms with Gasteiger partial charge in [-0.1, -0.05) is 17.7 Å². The van der Waals surface area contributed by atoms with Gasteiger partial charge in [0.25, 0.3) is 0 Å². The number of nitrogens with two attached hydrogens (primary N) is 1. The van der Waals surface area contributed by atoms with Crippen molar-refractivity contribution in [3.05, 3.63) is 34.6 Å². The van der Waals surface area contributed by atoms with Crippen LogP contribution >= 0.6 is 35.6 Å². The van der Waals surface area contributed by atoms with E-state index in [0.29, 0.717) is 29.5 Å². The summed E-state index contributed by atoms with van der Waals surface area (Å²) < 4.78 is 13.4. The molecule has 0 atom stereocenters. The predicted octanol–water partition coefficient (Wildman–Crippen LogP) is 2.95. The summed E-state index contributed by atoms with van der Waals surface area (Å²) in [4.78, 5) is 4.10. The van der Waals surface area contributed by atoms with Gasteiger partial charge in [-0.05, 0) is 32.4 Å². The minimum Gasteiger partial charge on any atom is -0.370 e. The molecule has 0 aliphatic carbocycles. The first kappa shape index (κ1) is 17.4. The predicted molar refractivity (Wildman–Crippen MR) is 85.3 cm³/mol. The molecule has 0 saturated carbocycles. The number of guanidine groups is 1. The normalized spacial score (nSPS) is 11.3. The minimum atomic E-state index is -0.303. The number of nitrogens with one attached hydrogen (secondary N) is 1. The van der Waals surface area contributed by atoms with E-state index >= 15 is 0 Å². The maximum atomic E-state index is 13.4. The molecular weight excluding hydrogens is 368 g/mol. The summed E-state index contributed by atoms with van der Waals surface area (Å²) in [5.41, 5.74) is 6.11. The van der Waals surface area contributed by atoms with Gasteiger partial charge in [-0.3, -0.25) is 4.99 Å². The van der Waals surface area contributed by atoms with Gasteiger partial charge in [0.15, 0.2) is 5.96 Å². The zero-order chi connectivity index (χ0) is 12.8. The van der Waals surface area contributed by atoms with Gasteiger partial charge in [0, 0.05) is 23.2 Å². The number of aliphatic imine (C=N–C) groups is 1. The Labute approximate surface area is 129 Å². The summed E-state index contributed by atoms with van der Waals surface area (Å²) in [6.07, 6.45) is 0.436. The molecule has 0 aliphatic heterocycles. The standard InChI is InChI=1S/C12H17ClFN3.HI/c1-8(2)17-12(15)16-7-6-9-10(13)4-3-5-11(9)14;/h3-5,8H,6-7H2,1-2H3,(H3,15,16,17);1H. The van der Waals surface area contributed by atoms with E-state index in [2.05, 4.69) is 10.3 Å². The van der Waals surface area contributed by atoms with Crippen LogP contribution in [-0.4, -0.2) is 18.5 Å². The first-order valence-electron chi connectivity index (χ1n) is 5.50. The van der Waals surface area contributed by atoms with Crippen LogP contribution in [0.5, 0.6) is 0 Å². The maximum Gasteiger partial charge on any atom is 0.188 e. The van der Waals surface area contributed by atoms with Crippen LogP contribution in [-0.2, 0) is 6.42 Å². The van der Waals surface area contributed by atoms with Gasteiger partial charge in [0.05, 0.1) is 0 Å². The molecule has 3 N–H and O–H groups in total. The van der Waals surface area contributed by atoms with Crippen molar-refractivity contribution in [2.75, 3.05) is 6.54 Å². The lowest BCUT2D eigenvalue weighted by Gasteiger charge is -2.08. The van der Waals surface area contributed by atoms with Gasteiger partial charge < -0.3 is 11.1 Å². The molecule has 0 radical (unpaired) electrons. The van der Waals surface area contributed by atoms with Crippen molar-refractivity contribution in [1.82, 2.24) is 5.32 Å². The van der Waals surface area contributed by atoms with Crippen molar-refractivity contribution in [2.45, 2.75) is 26.3 Å². The Balaban J connectivity index is 0.00000289. The summed E-state index contributed by atoms with van der Waals surface area (Å²) in [5.74, 6) is 0.0653. The van der Waals surface area contributed by atoms with E-state index in [1.165, 1.54) is 6.07 Å². The molecule has 0 spiro atoms. The number of nitrogens with zero attached hydrogens (tertiary/aromatic N) is 1. The molecular formula is C12H18ClFIN3. The Kier molecular flexibility index (Phi) is 8.26. The van der Waals surface area contributed by atoms with Crippen molar-refractivity contribution in [3.8, 4) is 0 Å². The number of rotatable bonds is 4. The SMILES string of the molecule is CC(C)NC(N)=NCCc1c(F)cccc1Cl.I. The minimum absolute atomic E-state index is 0. The van der Waals surface area contributed by atoms with Gasteiger partial charge in [0.1, 0.15) is 5.82 Å². The molecule has 0 fully saturated rings. The van der Waals surface area contributed by atoms with Gasteiger partial charge in [0.2, 0.25) is 0 Å². The van der Waals surface area contributed by atoms with Crippen LogP contribution < -0.4 is 11.1 Å². The number of hydrogen-bond acceptors (Lipinski definition) is 1. The van der Waals surface area contributed by atoms with Crippen molar-refractivity contribution in [3.63, 3.8) is 0 Å². The Morgan fingerprint density at radius 1 is 1.50 bits per heavy atom. The third kappa shape index (κ3) is 5.86. The highest BCUT2D eigenvalue weighted by Gasteiger charge is 2.05. The second-order valence-electron chi connectivity index (χ2n) is 4.02. The van der Waals surface area contributed by atoms with Crippen LogP contribution in [0.1, 0.15) is 19.4 Å². The lowest BCUT2D eigenvalue weighted by Crippen LogP contribution is -2.36. The zero-order valence-corrected chi connectivity index (χ0v) is 13.5. The van der Waals surface area contributed by atoms with E-state index in [1.807, 2.05) is 13.8 Å². The molecule has 1 aromatic rings. The molecule has 0 amide bonds. The molecule has 1 rings (SSSR count). The third-order valence-electron chi connectivity index (χ3n) is 2.14.